The number of rotatable bonds is 5. The highest BCUT2D eigenvalue weighted by Gasteiger charge is 2.31. The summed E-state index contributed by atoms with van der Waals surface area (Å²) in [5.74, 6) is 2.54. The van der Waals surface area contributed by atoms with Crippen LogP contribution in [0.25, 0.3) is 0 Å². The molecule has 132 valence electrons. The number of piperidine rings is 1. The summed E-state index contributed by atoms with van der Waals surface area (Å²) in [5, 5.41) is 7.32. The van der Waals surface area contributed by atoms with E-state index in [-0.39, 0.29) is 11.9 Å². The number of aromatic nitrogens is 3. The molecule has 1 saturated carbocycles. The number of methoxy groups -OCH3 is 1. The molecule has 0 unspecified atom stereocenters. The molecule has 0 aromatic carbocycles. The summed E-state index contributed by atoms with van der Waals surface area (Å²) in [6.45, 7) is 1.37. The summed E-state index contributed by atoms with van der Waals surface area (Å²) >= 11 is 0. The molecule has 2 aliphatic rings. The van der Waals surface area contributed by atoms with E-state index in [1.165, 1.54) is 6.33 Å². The van der Waals surface area contributed by atoms with Crippen molar-refractivity contribution in [2.24, 2.45) is 0 Å². The van der Waals surface area contributed by atoms with Crippen LogP contribution in [0.5, 0.6) is 5.88 Å². The lowest BCUT2D eigenvalue weighted by atomic mass is 10.0. The number of nitrogens with one attached hydrogen (secondary N) is 1. The molecule has 8 heteroatoms. The van der Waals surface area contributed by atoms with Crippen LogP contribution in [0.4, 0.5) is 5.82 Å². The van der Waals surface area contributed by atoms with Crippen LogP contribution in [0.3, 0.4) is 0 Å². The molecule has 1 aliphatic carbocycles. The van der Waals surface area contributed by atoms with Crippen molar-refractivity contribution in [2.75, 3.05) is 25.5 Å². The largest absolute Gasteiger partial charge is 0.481 e. The topological polar surface area (TPSA) is 93.4 Å². The fourth-order valence-electron chi connectivity index (χ4n) is 3.08. The number of amides is 1. The highest BCUT2D eigenvalue weighted by atomic mass is 16.5. The third-order valence-electron chi connectivity index (χ3n) is 4.71. The molecule has 25 heavy (non-hydrogen) atoms. The van der Waals surface area contributed by atoms with E-state index in [2.05, 4.69) is 20.4 Å². The van der Waals surface area contributed by atoms with Crippen LogP contribution in [0.2, 0.25) is 0 Å². The number of anilines is 1. The van der Waals surface area contributed by atoms with Crippen molar-refractivity contribution in [2.45, 2.75) is 37.6 Å². The normalized spacial score (nSPS) is 18.2. The fraction of sp³-hybridized carbons (Fsp3) is 0.529. The summed E-state index contributed by atoms with van der Waals surface area (Å²) in [7, 11) is 1.58. The van der Waals surface area contributed by atoms with Crippen molar-refractivity contribution in [3.8, 4) is 5.88 Å². The van der Waals surface area contributed by atoms with Gasteiger partial charge in [-0.15, -0.1) is 0 Å². The van der Waals surface area contributed by atoms with Crippen LogP contribution in [0.1, 0.15) is 47.8 Å². The van der Waals surface area contributed by atoms with Crippen molar-refractivity contribution >= 4 is 11.7 Å². The van der Waals surface area contributed by atoms with Crippen molar-refractivity contribution in [1.82, 2.24) is 20.0 Å². The van der Waals surface area contributed by atoms with Gasteiger partial charge in [-0.25, -0.2) is 9.97 Å². The predicted molar refractivity (Wildman–Crippen MR) is 89.6 cm³/mol. The van der Waals surface area contributed by atoms with Crippen LogP contribution in [0.15, 0.2) is 23.0 Å². The van der Waals surface area contributed by atoms with Crippen molar-refractivity contribution in [1.29, 1.82) is 0 Å². The molecule has 1 amide bonds. The highest BCUT2D eigenvalue weighted by molar-refractivity contribution is 5.92. The molecule has 4 rings (SSSR count). The molecular formula is C17H21N5O3. The Hall–Kier alpha value is -2.64. The molecule has 1 N–H and O–H groups in total. The number of hydrogen-bond donors (Lipinski definition) is 1. The van der Waals surface area contributed by atoms with Gasteiger partial charge in [-0.05, 0) is 25.7 Å². The number of hydrogen-bond acceptors (Lipinski definition) is 7. The van der Waals surface area contributed by atoms with Gasteiger partial charge in [0.2, 0.25) is 5.88 Å². The van der Waals surface area contributed by atoms with Gasteiger partial charge < -0.3 is 19.5 Å². The van der Waals surface area contributed by atoms with Gasteiger partial charge in [-0.2, -0.15) is 0 Å². The number of carbonyl (C=O) groups is 1. The maximum atomic E-state index is 12.6. The van der Waals surface area contributed by atoms with E-state index < -0.39 is 0 Å². The Labute approximate surface area is 145 Å². The Balaban J connectivity index is 1.31. The van der Waals surface area contributed by atoms with Gasteiger partial charge in [0.1, 0.15) is 17.9 Å². The lowest BCUT2D eigenvalue weighted by molar-refractivity contribution is 0.0708. The zero-order valence-electron chi connectivity index (χ0n) is 14.1. The molecule has 1 saturated heterocycles. The van der Waals surface area contributed by atoms with E-state index in [0.29, 0.717) is 30.6 Å². The minimum atomic E-state index is -0.0437. The second-order valence-corrected chi connectivity index (χ2v) is 6.55. The Morgan fingerprint density at radius 3 is 2.76 bits per heavy atom. The molecule has 0 bridgehead atoms. The van der Waals surface area contributed by atoms with E-state index in [4.69, 9.17) is 9.26 Å². The van der Waals surface area contributed by atoms with Gasteiger partial charge in [-0.1, -0.05) is 5.16 Å². The molecule has 0 spiro atoms. The quantitative estimate of drug-likeness (QED) is 0.888. The van der Waals surface area contributed by atoms with Crippen LogP contribution in [0, 0.1) is 0 Å². The molecular weight excluding hydrogens is 322 g/mol. The Kier molecular flexibility index (Phi) is 4.25. The summed E-state index contributed by atoms with van der Waals surface area (Å²) in [5.41, 5.74) is 0.425. The van der Waals surface area contributed by atoms with Crippen LogP contribution >= 0.6 is 0 Å². The number of likely N-dealkylation sites (tertiary alicyclic amines) is 1. The second-order valence-electron chi connectivity index (χ2n) is 6.55. The lowest BCUT2D eigenvalue weighted by Crippen LogP contribution is -2.42. The first-order valence-electron chi connectivity index (χ1n) is 8.61. The van der Waals surface area contributed by atoms with Crippen LogP contribution in [-0.4, -0.2) is 52.2 Å². The maximum Gasteiger partial charge on any atom is 0.276 e. The third-order valence-corrected chi connectivity index (χ3v) is 4.71. The van der Waals surface area contributed by atoms with Crippen LogP contribution in [-0.2, 0) is 0 Å². The molecule has 0 radical (unpaired) electrons. The van der Waals surface area contributed by atoms with Gasteiger partial charge in [0, 0.05) is 37.2 Å². The summed E-state index contributed by atoms with van der Waals surface area (Å²) in [4.78, 5) is 22.6. The second kappa shape index (κ2) is 6.70. The number of nitrogens with zero attached hydrogens (tertiary/aromatic N) is 4. The molecule has 8 nitrogen and oxygen atoms in total. The first-order valence-corrected chi connectivity index (χ1v) is 8.61. The van der Waals surface area contributed by atoms with Crippen molar-refractivity contribution in [3.63, 3.8) is 0 Å². The minimum absolute atomic E-state index is 0.0437. The fourth-order valence-corrected chi connectivity index (χ4v) is 3.08. The third kappa shape index (κ3) is 3.57. The van der Waals surface area contributed by atoms with E-state index in [1.54, 1.807) is 19.2 Å². The minimum Gasteiger partial charge on any atom is -0.481 e. The number of carbonyl (C=O) groups excluding carboxylic acids is 1. The first-order chi connectivity index (χ1) is 12.2. The molecule has 3 heterocycles. The smallest absolute Gasteiger partial charge is 0.276 e. The van der Waals surface area contributed by atoms with Crippen molar-refractivity contribution < 1.29 is 14.1 Å². The number of ether oxygens (including phenoxy) is 1. The monoisotopic (exact) mass is 343 g/mol. The van der Waals surface area contributed by atoms with Gasteiger partial charge in [0.15, 0.2) is 5.69 Å². The average molecular weight is 343 g/mol. The molecule has 2 fully saturated rings. The van der Waals surface area contributed by atoms with Gasteiger partial charge >= 0.3 is 0 Å². The average Bonchev–Trinajstić information content (AvgIpc) is 3.39. The molecule has 2 aromatic heterocycles. The van der Waals surface area contributed by atoms with E-state index in [1.807, 2.05) is 4.90 Å². The lowest BCUT2D eigenvalue weighted by Gasteiger charge is -2.32. The summed E-state index contributed by atoms with van der Waals surface area (Å²) < 4.78 is 10.4. The van der Waals surface area contributed by atoms with E-state index >= 15 is 0 Å². The summed E-state index contributed by atoms with van der Waals surface area (Å²) in [6, 6.07) is 3.84. The molecule has 1 aliphatic heterocycles. The zero-order valence-corrected chi connectivity index (χ0v) is 14.1. The predicted octanol–water partition coefficient (Wildman–Crippen LogP) is 2.07. The van der Waals surface area contributed by atoms with Gasteiger partial charge in [-0.3, -0.25) is 4.79 Å². The molecule has 0 atom stereocenters. The van der Waals surface area contributed by atoms with Gasteiger partial charge in [0.25, 0.3) is 5.91 Å². The van der Waals surface area contributed by atoms with Crippen LogP contribution < -0.4 is 10.1 Å². The zero-order chi connectivity index (χ0) is 17.2. The SMILES string of the molecule is COc1cc(NC2CCN(C(=O)c3cc(C4CC4)on3)CC2)ncn1. The highest BCUT2D eigenvalue weighted by Crippen LogP contribution is 2.40. The van der Waals surface area contributed by atoms with E-state index in [0.717, 1.165) is 37.3 Å². The van der Waals surface area contributed by atoms with E-state index in [9.17, 15) is 4.79 Å². The van der Waals surface area contributed by atoms with Gasteiger partial charge in [0.05, 0.1) is 7.11 Å². The Morgan fingerprint density at radius 2 is 2.04 bits per heavy atom. The molecule has 2 aromatic rings. The standard InChI is InChI=1S/C17H21N5O3/c1-24-16-9-15(18-10-19-16)20-12-4-6-22(7-5-12)17(23)13-8-14(25-21-13)11-2-3-11/h8-12H,2-7H2,1H3,(H,18,19,20). The van der Waals surface area contributed by atoms with Crippen molar-refractivity contribution in [3.05, 3.63) is 29.9 Å². The Morgan fingerprint density at radius 1 is 1.24 bits per heavy atom. The summed E-state index contributed by atoms with van der Waals surface area (Å²) in [6.07, 6.45) is 5.44. The first kappa shape index (κ1) is 15.9. The maximum absolute atomic E-state index is 12.6. The Bertz CT molecular complexity index is 750.